The van der Waals surface area contributed by atoms with Crippen molar-refractivity contribution in [2.45, 2.75) is 38.6 Å². The molecule has 1 unspecified atom stereocenters. The van der Waals surface area contributed by atoms with Crippen molar-refractivity contribution >= 4 is 0 Å². The van der Waals surface area contributed by atoms with Gasteiger partial charge in [0.1, 0.15) is 13.2 Å². The fourth-order valence-electron chi connectivity index (χ4n) is 3.47. The van der Waals surface area contributed by atoms with Crippen molar-refractivity contribution < 1.29 is 14.2 Å². The van der Waals surface area contributed by atoms with E-state index in [2.05, 4.69) is 31.3 Å². The topological polar surface area (TPSA) is 39.7 Å². The van der Waals surface area contributed by atoms with Crippen molar-refractivity contribution in [1.29, 1.82) is 0 Å². The van der Waals surface area contributed by atoms with Crippen molar-refractivity contribution in [1.82, 2.24) is 5.32 Å². The maximum Gasteiger partial charge on any atom is 0.203 e. The van der Waals surface area contributed by atoms with Gasteiger partial charge >= 0.3 is 0 Å². The molecule has 1 aromatic carbocycles. The summed E-state index contributed by atoms with van der Waals surface area (Å²) in [6.07, 6.45) is 3.47. The Kier molecular flexibility index (Phi) is 3.98. The van der Waals surface area contributed by atoms with Crippen LogP contribution >= 0.6 is 0 Å². The van der Waals surface area contributed by atoms with Gasteiger partial charge in [0, 0.05) is 5.54 Å². The number of nitrogens with one attached hydrogen (secondary N) is 1. The molecule has 0 spiro atoms. The van der Waals surface area contributed by atoms with Crippen LogP contribution in [-0.2, 0) is 6.42 Å². The van der Waals surface area contributed by atoms with Crippen LogP contribution in [0.1, 0.15) is 32.3 Å². The van der Waals surface area contributed by atoms with E-state index in [-0.39, 0.29) is 5.54 Å². The predicted octanol–water partition coefficient (Wildman–Crippen LogP) is 2.79. The molecule has 1 atom stereocenters. The molecule has 2 aliphatic heterocycles. The molecule has 1 saturated heterocycles. The first-order chi connectivity index (χ1) is 10.1. The zero-order chi connectivity index (χ0) is 14.9. The van der Waals surface area contributed by atoms with E-state index < -0.39 is 0 Å². The molecule has 0 saturated carbocycles. The van der Waals surface area contributed by atoms with E-state index in [1.54, 1.807) is 7.11 Å². The Labute approximate surface area is 126 Å². The highest BCUT2D eigenvalue weighted by molar-refractivity contribution is 5.54. The summed E-state index contributed by atoms with van der Waals surface area (Å²) in [6, 6.07) is 4.21. The molecule has 0 aliphatic carbocycles. The van der Waals surface area contributed by atoms with Gasteiger partial charge in [-0.25, -0.2) is 0 Å². The van der Waals surface area contributed by atoms with Gasteiger partial charge in [0.05, 0.1) is 7.11 Å². The number of hydrogen-bond acceptors (Lipinski definition) is 4. The van der Waals surface area contributed by atoms with Crippen LogP contribution in [0.4, 0.5) is 0 Å². The van der Waals surface area contributed by atoms with E-state index in [4.69, 9.17) is 14.2 Å². The van der Waals surface area contributed by atoms with Gasteiger partial charge in [-0.05, 0) is 49.4 Å². The number of rotatable bonds is 4. The molecular formula is C17H25NO3. The lowest BCUT2D eigenvalue weighted by Crippen LogP contribution is -2.46. The second-order valence-corrected chi connectivity index (χ2v) is 6.34. The Hall–Kier alpha value is -1.42. The van der Waals surface area contributed by atoms with E-state index in [9.17, 15) is 0 Å². The number of benzene rings is 1. The molecule has 2 heterocycles. The van der Waals surface area contributed by atoms with Crippen LogP contribution in [0.5, 0.6) is 17.2 Å². The van der Waals surface area contributed by atoms with Crippen LogP contribution in [0.15, 0.2) is 12.1 Å². The van der Waals surface area contributed by atoms with Crippen molar-refractivity contribution in [2.75, 3.05) is 26.9 Å². The van der Waals surface area contributed by atoms with Crippen LogP contribution in [0.25, 0.3) is 0 Å². The van der Waals surface area contributed by atoms with E-state index >= 15 is 0 Å². The molecule has 0 aromatic heterocycles. The molecule has 2 aliphatic rings. The third kappa shape index (κ3) is 2.69. The van der Waals surface area contributed by atoms with E-state index in [1.165, 1.54) is 18.4 Å². The summed E-state index contributed by atoms with van der Waals surface area (Å²) >= 11 is 0. The minimum Gasteiger partial charge on any atom is -0.493 e. The quantitative estimate of drug-likeness (QED) is 0.926. The number of fused-ring (bicyclic) bond motifs is 1. The molecule has 116 valence electrons. The Morgan fingerprint density at radius 1 is 1.29 bits per heavy atom. The molecule has 4 nitrogen and oxygen atoms in total. The summed E-state index contributed by atoms with van der Waals surface area (Å²) in [6.45, 7) is 6.90. The lowest BCUT2D eigenvalue weighted by Gasteiger charge is -2.34. The highest BCUT2D eigenvalue weighted by atomic mass is 16.6. The predicted molar refractivity (Wildman–Crippen MR) is 82.5 cm³/mol. The van der Waals surface area contributed by atoms with Crippen molar-refractivity contribution in [3.63, 3.8) is 0 Å². The minimum absolute atomic E-state index is 0.189. The van der Waals surface area contributed by atoms with Gasteiger partial charge in [-0.3, -0.25) is 0 Å². The summed E-state index contributed by atoms with van der Waals surface area (Å²) in [5.74, 6) is 2.93. The summed E-state index contributed by atoms with van der Waals surface area (Å²) in [4.78, 5) is 0. The lowest BCUT2D eigenvalue weighted by atomic mass is 9.79. The van der Waals surface area contributed by atoms with Gasteiger partial charge in [0.2, 0.25) is 5.75 Å². The zero-order valence-electron chi connectivity index (χ0n) is 13.2. The molecule has 4 heteroatoms. The Bertz CT molecular complexity index is 490. The minimum atomic E-state index is 0.189. The van der Waals surface area contributed by atoms with Gasteiger partial charge in [-0.2, -0.15) is 0 Å². The normalized spacial score (nSPS) is 24.4. The number of ether oxygens (including phenoxy) is 3. The molecule has 21 heavy (non-hydrogen) atoms. The van der Waals surface area contributed by atoms with Crippen LogP contribution in [-0.4, -0.2) is 32.4 Å². The largest absolute Gasteiger partial charge is 0.493 e. The fraction of sp³-hybridized carbons (Fsp3) is 0.647. The van der Waals surface area contributed by atoms with Gasteiger partial charge in [-0.15, -0.1) is 0 Å². The maximum absolute atomic E-state index is 5.74. The van der Waals surface area contributed by atoms with Crippen LogP contribution in [0.2, 0.25) is 0 Å². The Morgan fingerprint density at radius 3 is 2.76 bits per heavy atom. The van der Waals surface area contributed by atoms with Crippen LogP contribution in [0.3, 0.4) is 0 Å². The summed E-state index contributed by atoms with van der Waals surface area (Å²) in [5.41, 5.74) is 1.44. The third-order valence-corrected chi connectivity index (χ3v) is 4.79. The summed E-state index contributed by atoms with van der Waals surface area (Å²) in [5, 5.41) is 3.72. The van der Waals surface area contributed by atoms with Gasteiger partial charge in [0.15, 0.2) is 11.5 Å². The van der Waals surface area contributed by atoms with Crippen molar-refractivity contribution in [3.05, 3.63) is 17.7 Å². The first kappa shape index (κ1) is 14.5. The first-order valence-corrected chi connectivity index (χ1v) is 7.86. The average molecular weight is 291 g/mol. The molecule has 1 N–H and O–H groups in total. The number of methoxy groups -OCH3 is 1. The SMILES string of the molecule is COc1cc(CC2(C(C)C)CCCN2)cc2c1OCCO2. The van der Waals surface area contributed by atoms with Gasteiger partial charge in [0.25, 0.3) is 0 Å². The molecule has 0 bridgehead atoms. The average Bonchev–Trinajstić information content (AvgIpc) is 2.96. The highest BCUT2D eigenvalue weighted by Crippen LogP contribution is 2.42. The van der Waals surface area contributed by atoms with Crippen molar-refractivity contribution in [3.8, 4) is 17.2 Å². The fourth-order valence-corrected chi connectivity index (χ4v) is 3.47. The standard InChI is InChI=1S/C17H25NO3/c1-12(2)17(5-4-6-18-17)11-13-9-14(19-3)16-15(10-13)20-7-8-21-16/h9-10,12,18H,4-8,11H2,1-3H3. The molecule has 1 fully saturated rings. The summed E-state index contributed by atoms with van der Waals surface area (Å²) < 4.78 is 16.9. The van der Waals surface area contributed by atoms with E-state index in [0.29, 0.717) is 19.1 Å². The lowest BCUT2D eigenvalue weighted by molar-refractivity contribution is 0.164. The second-order valence-electron chi connectivity index (χ2n) is 6.34. The molecule has 0 amide bonds. The van der Waals surface area contributed by atoms with Crippen LogP contribution in [0, 0.1) is 5.92 Å². The van der Waals surface area contributed by atoms with E-state index in [0.717, 1.165) is 30.2 Å². The monoisotopic (exact) mass is 291 g/mol. The zero-order valence-corrected chi connectivity index (χ0v) is 13.2. The molecule has 3 rings (SSSR count). The summed E-state index contributed by atoms with van der Waals surface area (Å²) in [7, 11) is 1.68. The van der Waals surface area contributed by atoms with Gasteiger partial charge < -0.3 is 19.5 Å². The van der Waals surface area contributed by atoms with Crippen molar-refractivity contribution in [2.24, 2.45) is 5.92 Å². The third-order valence-electron chi connectivity index (χ3n) is 4.79. The Morgan fingerprint density at radius 2 is 2.10 bits per heavy atom. The second kappa shape index (κ2) is 5.76. The molecular weight excluding hydrogens is 266 g/mol. The smallest absolute Gasteiger partial charge is 0.203 e. The highest BCUT2D eigenvalue weighted by Gasteiger charge is 2.37. The van der Waals surface area contributed by atoms with Gasteiger partial charge in [-0.1, -0.05) is 13.8 Å². The maximum atomic E-state index is 5.74. The van der Waals surface area contributed by atoms with E-state index in [1.807, 2.05) is 0 Å². The Balaban J connectivity index is 1.91. The molecule has 0 radical (unpaired) electrons. The molecule has 1 aromatic rings. The van der Waals surface area contributed by atoms with Crippen LogP contribution < -0.4 is 19.5 Å². The first-order valence-electron chi connectivity index (χ1n) is 7.86. The number of hydrogen-bond donors (Lipinski definition) is 1.